The van der Waals surface area contributed by atoms with E-state index in [1.54, 1.807) is 55.5 Å². The number of likely N-dealkylation sites (tertiary alicyclic amines) is 1. The van der Waals surface area contributed by atoms with Crippen LogP contribution in [0.15, 0.2) is 52.3 Å². The van der Waals surface area contributed by atoms with Gasteiger partial charge in [0.15, 0.2) is 11.5 Å². The number of amides is 3. The third-order valence-corrected chi connectivity index (χ3v) is 10.8. The van der Waals surface area contributed by atoms with Crippen molar-refractivity contribution >= 4 is 46.5 Å². The number of benzene rings is 2. The topological polar surface area (TPSA) is 107 Å². The number of aromatic nitrogens is 1. The molecule has 3 aliphatic rings. The van der Waals surface area contributed by atoms with Crippen LogP contribution in [0.25, 0.3) is 0 Å². The molecule has 0 spiro atoms. The Morgan fingerprint density at radius 3 is 2.26 bits per heavy atom. The summed E-state index contributed by atoms with van der Waals surface area (Å²) in [6.45, 7) is 1.25. The van der Waals surface area contributed by atoms with Crippen LogP contribution in [0.5, 0.6) is 17.2 Å². The second-order valence-electron chi connectivity index (χ2n) is 10.4. The summed E-state index contributed by atoms with van der Waals surface area (Å²) in [6.07, 6.45) is 2.98. The zero-order valence-corrected chi connectivity index (χ0v) is 25.2. The summed E-state index contributed by atoms with van der Waals surface area (Å²) < 4.78 is 17.7. The molecule has 2 aromatic carbocycles. The number of hydrogen-bond donors (Lipinski definition) is 0. The van der Waals surface area contributed by atoms with Crippen molar-refractivity contribution in [1.29, 1.82) is 0 Å². The van der Waals surface area contributed by atoms with Gasteiger partial charge in [0.2, 0.25) is 17.7 Å². The van der Waals surface area contributed by atoms with Crippen molar-refractivity contribution in [2.24, 2.45) is 5.92 Å². The van der Waals surface area contributed by atoms with E-state index < -0.39 is 17.1 Å². The van der Waals surface area contributed by atoms with Crippen LogP contribution < -0.4 is 24.0 Å². The number of piperidine rings is 1. The molecule has 0 N–H and O–H groups in total. The molecular formula is C30H31N3O7S2. The summed E-state index contributed by atoms with van der Waals surface area (Å²) in [6, 6.07) is 12.2. The molecule has 6 rings (SSSR count). The number of hydrogen-bond acceptors (Lipinski definition) is 9. The summed E-state index contributed by atoms with van der Waals surface area (Å²) in [5.41, 5.74) is 1.17. The Morgan fingerprint density at radius 1 is 0.881 bits per heavy atom. The summed E-state index contributed by atoms with van der Waals surface area (Å²) in [5, 5.41) is -0.218. The lowest BCUT2D eigenvalue weighted by Crippen LogP contribution is -2.39. The van der Waals surface area contributed by atoms with Crippen molar-refractivity contribution in [2.75, 3.05) is 39.3 Å². The van der Waals surface area contributed by atoms with Crippen molar-refractivity contribution in [3.8, 4) is 17.2 Å². The van der Waals surface area contributed by atoms with Gasteiger partial charge in [-0.1, -0.05) is 29.2 Å². The number of thioether (sulfide) groups is 1. The molecule has 10 nitrogen and oxygen atoms in total. The fraction of sp³-hybridized carbons (Fsp3) is 0.400. The summed E-state index contributed by atoms with van der Waals surface area (Å²) in [5.74, 6) is -0.575. The Bertz CT molecular complexity index is 1590. The average molecular weight is 610 g/mol. The van der Waals surface area contributed by atoms with Gasteiger partial charge in [-0.15, -0.1) is 0 Å². The number of fused-ring (bicyclic) bond motifs is 2. The summed E-state index contributed by atoms with van der Waals surface area (Å²) in [7, 11) is 4.62. The van der Waals surface area contributed by atoms with Gasteiger partial charge in [-0.3, -0.25) is 23.7 Å². The molecule has 3 amide bonds. The van der Waals surface area contributed by atoms with Gasteiger partial charge in [-0.05, 0) is 61.2 Å². The van der Waals surface area contributed by atoms with E-state index in [1.807, 2.05) is 6.07 Å². The quantitative estimate of drug-likeness (QED) is 0.373. The van der Waals surface area contributed by atoms with E-state index >= 15 is 0 Å². The molecule has 12 heteroatoms. The maximum atomic E-state index is 14.1. The Morgan fingerprint density at radius 2 is 1.60 bits per heavy atom. The Kier molecular flexibility index (Phi) is 7.75. The van der Waals surface area contributed by atoms with Crippen molar-refractivity contribution in [3.63, 3.8) is 0 Å². The van der Waals surface area contributed by atoms with E-state index in [0.717, 1.165) is 36.2 Å². The van der Waals surface area contributed by atoms with E-state index in [1.165, 1.54) is 28.3 Å². The van der Waals surface area contributed by atoms with Gasteiger partial charge in [0.05, 0.1) is 38.0 Å². The molecule has 0 bridgehead atoms. The number of anilines is 1. The maximum absolute atomic E-state index is 14.1. The van der Waals surface area contributed by atoms with Gasteiger partial charge in [0.25, 0.3) is 0 Å². The molecular weight excluding hydrogens is 578 g/mol. The zero-order valence-electron chi connectivity index (χ0n) is 23.5. The lowest BCUT2D eigenvalue weighted by Gasteiger charge is -2.31. The van der Waals surface area contributed by atoms with Crippen LogP contribution in [0.3, 0.4) is 0 Å². The minimum absolute atomic E-state index is 0.0992. The third kappa shape index (κ3) is 4.76. The van der Waals surface area contributed by atoms with Crippen LogP contribution in [0, 0.1) is 5.92 Å². The monoisotopic (exact) mass is 609 g/mol. The van der Waals surface area contributed by atoms with Crippen molar-refractivity contribution < 1.29 is 28.6 Å². The highest BCUT2D eigenvalue weighted by Gasteiger charge is 2.57. The first-order valence-corrected chi connectivity index (χ1v) is 15.5. The predicted molar refractivity (Wildman–Crippen MR) is 159 cm³/mol. The number of thiazole rings is 1. The Hall–Kier alpha value is -3.77. The van der Waals surface area contributed by atoms with Crippen molar-refractivity contribution in [3.05, 3.63) is 62.6 Å². The maximum Gasteiger partial charge on any atom is 0.308 e. The molecule has 2 fully saturated rings. The van der Waals surface area contributed by atoms with Crippen LogP contribution >= 0.6 is 23.1 Å². The molecule has 2 unspecified atom stereocenters. The standard InChI is InChI=1S/C30H31N3O7S2/c1-38-19-10-8-18(9-11-19)33-27(35)24-23(17-7-12-20(39-2)21(15-17)40-3)26-29(41-25(24)28(33)36)32(30(37)42-26)16-22(34)31-13-5-4-6-14-31/h7-12,15,23-25H,4-6,13-14,16H2,1-3H3/t23-,24?,25?/m1/s1. The van der Waals surface area contributed by atoms with Crippen molar-refractivity contribution in [2.45, 2.75) is 42.0 Å². The van der Waals surface area contributed by atoms with Crippen LogP contribution in [0.1, 0.15) is 35.6 Å². The van der Waals surface area contributed by atoms with Crippen LogP contribution in [-0.4, -0.2) is 66.9 Å². The highest BCUT2D eigenvalue weighted by Crippen LogP contribution is 2.54. The molecule has 3 aliphatic heterocycles. The molecule has 220 valence electrons. The molecule has 3 atom stereocenters. The highest BCUT2D eigenvalue weighted by atomic mass is 32.2. The first kappa shape index (κ1) is 28.4. The molecule has 0 saturated carbocycles. The van der Waals surface area contributed by atoms with E-state index in [4.69, 9.17) is 14.2 Å². The van der Waals surface area contributed by atoms with Gasteiger partial charge >= 0.3 is 4.87 Å². The number of ether oxygens (including phenoxy) is 3. The number of rotatable bonds is 7. The first-order valence-electron chi connectivity index (χ1n) is 13.8. The van der Waals surface area contributed by atoms with Gasteiger partial charge in [0, 0.05) is 23.9 Å². The second kappa shape index (κ2) is 11.5. The molecule has 1 aromatic heterocycles. The Balaban J connectivity index is 1.45. The molecule has 4 heterocycles. The van der Waals surface area contributed by atoms with E-state index in [9.17, 15) is 19.2 Å². The molecule has 0 radical (unpaired) electrons. The van der Waals surface area contributed by atoms with Gasteiger partial charge in [-0.2, -0.15) is 0 Å². The first-order chi connectivity index (χ1) is 20.4. The summed E-state index contributed by atoms with van der Waals surface area (Å²) in [4.78, 5) is 58.1. The summed E-state index contributed by atoms with van der Waals surface area (Å²) >= 11 is 2.24. The number of nitrogens with zero attached hydrogens (tertiary/aromatic N) is 3. The minimum Gasteiger partial charge on any atom is -0.497 e. The molecule has 0 aliphatic carbocycles. The van der Waals surface area contributed by atoms with E-state index in [0.29, 0.717) is 45.9 Å². The van der Waals surface area contributed by atoms with Gasteiger partial charge in [0.1, 0.15) is 17.5 Å². The van der Waals surface area contributed by atoms with Gasteiger partial charge < -0.3 is 19.1 Å². The zero-order chi connectivity index (χ0) is 29.5. The van der Waals surface area contributed by atoms with E-state index in [2.05, 4.69) is 0 Å². The molecule has 2 saturated heterocycles. The second-order valence-corrected chi connectivity index (χ2v) is 12.6. The minimum atomic E-state index is -0.782. The highest BCUT2D eigenvalue weighted by molar-refractivity contribution is 8.00. The average Bonchev–Trinajstić information content (AvgIpc) is 3.47. The van der Waals surface area contributed by atoms with Crippen LogP contribution in [0.2, 0.25) is 0 Å². The fourth-order valence-corrected chi connectivity index (χ4v) is 8.80. The number of methoxy groups -OCH3 is 3. The number of carbonyl (C=O) groups is 3. The predicted octanol–water partition coefficient (Wildman–Crippen LogP) is 3.74. The largest absolute Gasteiger partial charge is 0.497 e. The smallest absolute Gasteiger partial charge is 0.308 e. The SMILES string of the molecule is COc1ccc(N2C(=O)C3Sc4c(sc(=O)n4CC(=O)N4CCCCC4)[C@H](c4ccc(OC)c(OC)c4)C3C2=O)cc1. The molecule has 3 aromatic rings. The lowest BCUT2D eigenvalue weighted by molar-refractivity contribution is -0.133. The van der Waals surface area contributed by atoms with E-state index in [-0.39, 0.29) is 29.1 Å². The van der Waals surface area contributed by atoms with Crippen LogP contribution in [-0.2, 0) is 20.9 Å². The lowest BCUT2D eigenvalue weighted by atomic mass is 9.83. The molecule has 42 heavy (non-hydrogen) atoms. The Labute approximate surface area is 251 Å². The number of imide groups is 1. The van der Waals surface area contributed by atoms with Gasteiger partial charge in [-0.25, -0.2) is 4.90 Å². The normalized spacial score (nSPS) is 21.6. The fourth-order valence-electron chi connectivity index (χ4n) is 6.03. The number of carbonyl (C=O) groups excluding carboxylic acids is 3. The van der Waals surface area contributed by atoms with Crippen molar-refractivity contribution in [1.82, 2.24) is 9.47 Å². The van der Waals surface area contributed by atoms with Crippen LogP contribution in [0.4, 0.5) is 5.69 Å². The third-order valence-electron chi connectivity index (χ3n) is 8.15.